The lowest BCUT2D eigenvalue weighted by Crippen LogP contribution is -2.43. The largest absolute Gasteiger partial charge is 0.385 e. The molecule has 1 aromatic rings. The maximum atomic E-state index is 11.8. The van der Waals surface area contributed by atoms with Crippen LogP contribution in [0.4, 0.5) is 5.69 Å². The smallest absolute Gasteiger partial charge is 0.226 e. The minimum Gasteiger partial charge on any atom is -0.385 e. The molecule has 0 aliphatic heterocycles. The second kappa shape index (κ2) is 13.9. The molecule has 0 heterocycles. The number of amides is 1. The number of ether oxygens (including phenoxy) is 1. The lowest BCUT2D eigenvalue weighted by molar-refractivity contribution is -0.118. The number of benzene rings is 1. The summed E-state index contributed by atoms with van der Waals surface area (Å²) in [5.41, 5.74) is 2.25. The molecule has 30 heavy (non-hydrogen) atoms. The van der Waals surface area contributed by atoms with Gasteiger partial charge in [-0.3, -0.25) is 4.79 Å². The van der Waals surface area contributed by atoms with E-state index in [4.69, 9.17) is 9.73 Å². The quantitative estimate of drug-likeness (QED) is 0.236. The molecule has 0 radical (unpaired) electrons. The highest BCUT2D eigenvalue weighted by molar-refractivity contribution is 14.0. The van der Waals surface area contributed by atoms with Gasteiger partial charge in [0.05, 0.1) is 6.54 Å². The number of guanidine groups is 1. The predicted molar refractivity (Wildman–Crippen MR) is 136 cm³/mol. The van der Waals surface area contributed by atoms with Gasteiger partial charge in [-0.25, -0.2) is 4.99 Å². The molecule has 2 rings (SSSR count). The molecule has 0 bridgehead atoms. The van der Waals surface area contributed by atoms with Crippen LogP contribution in [0.15, 0.2) is 29.3 Å². The summed E-state index contributed by atoms with van der Waals surface area (Å²) in [6, 6.07) is 7.90. The van der Waals surface area contributed by atoms with Crippen molar-refractivity contribution in [3.05, 3.63) is 29.8 Å². The van der Waals surface area contributed by atoms with E-state index in [1.165, 1.54) is 25.7 Å². The Labute approximate surface area is 199 Å². The zero-order valence-electron chi connectivity index (χ0n) is 18.9. The van der Waals surface area contributed by atoms with Crippen molar-refractivity contribution >= 4 is 41.5 Å². The number of rotatable bonds is 10. The van der Waals surface area contributed by atoms with E-state index in [9.17, 15) is 4.79 Å². The number of carbonyl (C=O) groups is 1. The second-order valence-corrected chi connectivity index (χ2v) is 8.34. The van der Waals surface area contributed by atoms with Crippen LogP contribution in [-0.4, -0.2) is 38.7 Å². The predicted octanol–water partition coefficient (Wildman–Crippen LogP) is 4.55. The first kappa shape index (κ1) is 26.7. The normalized spacial score (nSPS) is 15.6. The van der Waals surface area contributed by atoms with E-state index in [0.29, 0.717) is 12.0 Å². The zero-order chi connectivity index (χ0) is 21.1. The molecule has 0 spiro atoms. The molecule has 6 nitrogen and oxygen atoms in total. The fraction of sp³-hybridized carbons (Fsp3) is 0.652. The monoisotopic (exact) mass is 530 g/mol. The van der Waals surface area contributed by atoms with Crippen molar-refractivity contribution in [1.82, 2.24) is 10.6 Å². The van der Waals surface area contributed by atoms with E-state index >= 15 is 0 Å². The van der Waals surface area contributed by atoms with Crippen molar-refractivity contribution < 1.29 is 9.53 Å². The molecule has 1 aliphatic rings. The number of aliphatic imine (C=N–C) groups is 1. The Kier molecular flexibility index (Phi) is 12.3. The molecule has 0 unspecified atom stereocenters. The van der Waals surface area contributed by atoms with Crippen molar-refractivity contribution in [2.45, 2.75) is 59.4 Å². The van der Waals surface area contributed by atoms with E-state index in [0.717, 1.165) is 43.3 Å². The Morgan fingerprint density at radius 3 is 2.40 bits per heavy atom. The van der Waals surface area contributed by atoms with Crippen molar-refractivity contribution in [2.75, 3.05) is 32.1 Å². The topological polar surface area (TPSA) is 74.8 Å². The number of nitrogens with zero attached hydrogens (tertiary/aromatic N) is 1. The zero-order valence-corrected chi connectivity index (χ0v) is 21.3. The molecule has 7 heteroatoms. The minimum absolute atomic E-state index is 0. The van der Waals surface area contributed by atoms with Crippen molar-refractivity contribution in [3.63, 3.8) is 0 Å². The van der Waals surface area contributed by atoms with Crippen LogP contribution in [0.3, 0.4) is 0 Å². The highest BCUT2D eigenvalue weighted by Gasteiger charge is 2.33. The molecule has 170 valence electrons. The number of hydrogen-bond acceptors (Lipinski definition) is 3. The number of nitrogens with one attached hydrogen (secondary N) is 3. The first-order valence-corrected chi connectivity index (χ1v) is 10.9. The van der Waals surface area contributed by atoms with Gasteiger partial charge in [0.1, 0.15) is 0 Å². The fourth-order valence-electron chi connectivity index (χ4n) is 3.72. The van der Waals surface area contributed by atoms with Crippen molar-refractivity contribution in [1.29, 1.82) is 0 Å². The molecule has 1 aliphatic carbocycles. The molecular weight excluding hydrogens is 491 g/mol. The maximum absolute atomic E-state index is 11.8. The third-order valence-electron chi connectivity index (χ3n) is 5.64. The summed E-state index contributed by atoms with van der Waals surface area (Å²) in [5, 5.41) is 9.83. The summed E-state index contributed by atoms with van der Waals surface area (Å²) in [5.74, 6) is 0.858. The molecule has 0 aromatic heterocycles. The SMILES string of the molecule is CCNC(=NCc1ccc(NC(=O)C(C)C)cc1)NCC1(CCOC)CCCC1.I. The fourth-order valence-corrected chi connectivity index (χ4v) is 3.72. The van der Waals surface area contributed by atoms with E-state index in [-0.39, 0.29) is 35.8 Å². The van der Waals surface area contributed by atoms with Gasteiger partial charge in [0, 0.05) is 38.4 Å². The Morgan fingerprint density at radius 2 is 1.83 bits per heavy atom. The van der Waals surface area contributed by atoms with Crippen LogP contribution in [0.5, 0.6) is 0 Å². The van der Waals surface area contributed by atoms with E-state index < -0.39 is 0 Å². The highest BCUT2D eigenvalue weighted by Crippen LogP contribution is 2.40. The minimum atomic E-state index is -0.0277. The number of methoxy groups -OCH3 is 1. The van der Waals surface area contributed by atoms with Gasteiger partial charge in [-0.2, -0.15) is 0 Å². The second-order valence-electron chi connectivity index (χ2n) is 8.34. The lowest BCUT2D eigenvalue weighted by atomic mass is 9.83. The van der Waals surface area contributed by atoms with Crippen molar-refractivity contribution in [2.24, 2.45) is 16.3 Å². The lowest BCUT2D eigenvalue weighted by Gasteiger charge is -2.30. The van der Waals surface area contributed by atoms with E-state index in [1.807, 2.05) is 38.1 Å². The third kappa shape index (κ3) is 8.79. The van der Waals surface area contributed by atoms with Crippen LogP contribution < -0.4 is 16.0 Å². The van der Waals surface area contributed by atoms with Crippen LogP contribution in [0.1, 0.15) is 58.4 Å². The summed E-state index contributed by atoms with van der Waals surface area (Å²) >= 11 is 0. The van der Waals surface area contributed by atoms with E-state index in [2.05, 4.69) is 22.9 Å². The van der Waals surface area contributed by atoms with Crippen LogP contribution in [0, 0.1) is 11.3 Å². The summed E-state index contributed by atoms with van der Waals surface area (Å²) in [6.45, 7) is 9.03. The molecule has 3 N–H and O–H groups in total. The number of halogens is 1. The first-order valence-electron chi connectivity index (χ1n) is 10.9. The Bertz CT molecular complexity index is 656. The molecule has 1 aromatic carbocycles. The number of carbonyl (C=O) groups excluding carboxylic acids is 1. The molecular formula is C23H39IN4O2. The van der Waals surface area contributed by atoms with Gasteiger partial charge >= 0.3 is 0 Å². The van der Waals surface area contributed by atoms with E-state index in [1.54, 1.807) is 7.11 Å². The first-order chi connectivity index (χ1) is 14.0. The summed E-state index contributed by atoms with van der Waals surface area (Å²) in [4.78, 5) is 16.6. The van der Waals surface area contributed by atoms with Gasteiger partial charge in [0.25, 0.3) is 0 Å². The van der Waals surface area contributed by atoms with Crippen LogP contribution in [0.25, 0.3) is 0 Å². The maximum Gasteiger partial charge on any atom is 0.226 e. The van der Waals surface area contributed by atoms with Gasteiger partial charge in [0.15, 0.2) is 5.96 Å². The summed E-state index contributed by atoms with van der Waals surface area (Å²) in [7, 11) is 1.78. The molecule has 0 atom stereocenters. The molecule has 1 amide bonds. The molecule has 1 saturated carbocycles. The van der Waals surface area contributed by atoms with Crippen molar-refractivity contribution in [3.8, 4) is 0 Å². The summed E-state index contributed by atoms with van der Waals surface area (Å²) in [6.07, 6.45) is 6.22. The van der Waals surface area contributed by atoms with Gasteiger partial charge in [0.2, 0.25) is 5.91 Å². The number of hydrogen-bond donors (Lipinski definition) is 3. The highest BCUT2D eigenvalue weighted by atomic mass is 127. The van der Waals surface area contributed by atoms with Gasteiger partial charge < -0.3 is 20.7 Å². The molecule has 1 fully saturated rings. The Morgan fingerprint density at radius 1 is 1.17 bits per heavy atom. The van der Waals surface area contributed by atoms with Crippen LogP contribution in [-0.2, 0) is 16.1 Å². The van der Waals surface area contributed by atoms with Gasteiger partial charge in [-0.15, -0.1) is 24.0 Å². The molecule has 0 saturated heterocycles. The summed E-state index contributed by atoms with van der Waals surface area (Å²) < 4.78 is 5.34. The average molecular weight is 530 g/mol. The van der Waals surface area contributed by atoms with Crippen LogP contribution in [0.2, 0.25) is 0 Å². The average Bonchev–Trinajstić information content (AvgIpc) is 3.18. The van der Waals surface area contributed by atoms with Gasteiger partial charge in [-0.05, 0) is 49.3 Å². The Hall–Kier alpha value is -1.35. The number of anilines is 1. The van der Waals surface area contributed by atoms with Gasteiger partial charge in [-0.1, -0.05) is 38.8 Å². The Balaban J connectivity index is 0.00000450. The third-order valence-corrected chi connectivity index (χ3v) is 5.64. The standard InChI is InChI=1S/C23H38N4O2.HI/c1-5-24-22(26-17-23(14-15-29-4)12-6-7-13-23)25-16-19-8-10-20(11-9-19)27-21(28)18(2)3;/h8-11,18H,5-7,12-17H2,1-4H3,(H,27,28)(H2,24,25,26);1H. The van der Waals surface area contributed by atoms with Crippen LogP contribution >= 0.6 is 24.0 Å².